The molecule has 0 spiro atoms. The molecule has 0 saturated carbocycles. The van der Waals surface area contributed by atoms with Gasteiger partial charge in [-0.3, -0.25) is 43.3 Å². The number of aromatic hydroxyl groups is 1. The molecule has 8 amide bonds. The van der Waals surface area contributed by atoms with Crippen molar-refractivity contribution >= 4 is 53.2 Å². The summed E-state index contributed by atoms with van der Waals surface area (Å²) in [5, 5.41) is 20.6. The number of guanidine groups is 1. The summed E-state index contributed by atoms with van der Waals surface area (Å²) in [5.41, 5.74) is 17.2. The number of primary amides is 1. The fourth-order valence-electron chi connectivity index (χ4n) is 8.65. The molecule has 1 aromatic rings. The standard InChI is InChI=1S/C41H61N11O9/c1-23(2)21-29(49-37(58)31-9-5-19-51(31)40(61)32-10-6-20-52(32)38(59)27-15-16-33(54)46-27)39(60)50-18-4-8-30(50)36(57)47-26(7-3-17-45-41(43)44)35(56)48-28(34(42)55)22-24-11-13-25(53)14-12-24/h11-14,23,26-32,53H,3-10,15-22H2,1-2H3,(H2,42,55)(H,46,54)(H,47,57)(H,48,56)(H,49,58)(H4,43,44,45)/t26-,27-,28-,29-,30-,31-,32-/m0/s1. The Morgan fingerprint density at radius 3 is 1.92 bits per heavy atom. The molecule has 7 atom stereocenters. The Labute approximate surface area is 355 Å². The molecule has 4 aliphatic heterocycles. The van der Waals surface area contributed by atoms with Crippen molar-refractivity contribution in [1.82, 2.24) is 36.0 Å². The maximum atomic E-state index is 14.3. The van der Waals surface area contributed by atoms with Gasteiger partial charge in [-0.05, 0) is 87.8 Å². The molecule has 0 bridgehead atoms. The molecule has 0 aromatic heterocycles. The fraction of sp³-hybridized carbons (Fsp3) is 0.634. The molecular weight excluding hydrogens is 791 g/mol. The largest absolute Gasteiger partial charge is 0.508 e. The Morgan fingerprint density at radius 2 is 1.34 bits per heavy atom. The van der Waals surface area contributed by atoms with Crippen LogP contribution < -0.4 is 38.5 Å². The molecule has 0 unspecified atom stereocenters. The fourth-order valence-corrected chi connectivity index (χ4v) is 8.65. The number of hydrogen-bond donors (Lipinski definition) is 8. The third-order valence-corrected chi connectivity index (χ3v) is 11.7. The van der Waals surface area contributed by atoms with E-state index in [4.69, 9.17) is 17.2 Å². The average Bonchev–Trinajstić information content (AvgIpc) is 4.06. The number of nitrogens with two attached hydrogens (primary N) is 3. The molecule has 334 valence electrons. The number of aliphatic imine (C=N–C) groups is 1. The minimum Gasteiger partial charge on any atom is -0.508 e. The molecule has 5 rings (SSSR count). The van der Waals surface area contributed by atoms with E-state index in [-0.39, 0.29) is 80.5 Å². The van der Waals surface area contributed by atoms with Gasteiger partial charge in [-0.2, -0.15) is 0 Å². The maximum Gasteiger partial charge on any atom is 0.246 e. The van der Waals surface area contributed by atoms with Gasteiger partial charge in [0, 0.05) is 39.0 Å². The Morgan fingerprint density at radius 1 is 0.770 bits per heavy atom. The van der Waals surface area contributed by atoms with Crippen molar-refractivity contribution in [2.24, 2.45) is 28.1 Å². The highest BCUT2D eigenvalue weighted by atomic mass is 16.3. The van der Waals surface area contributed by atoms with Crippen LogP contribution in [0.2, 0.25) is 0 Å². The summed E-state index contributed by atoms with van der Waals surface area (Å²) < 4.78 is 0. The number of phenols is 1. The number of carbonyl (C=O) groups is 8. The van der Waals surface area contributed by atoms with E-state index in [1.807, 2.05) is 13.8 Å². The normalized spacial score (nSPS) is 22.6. The third-order valence-electron chi connectivity index (χ3n) is 11.7. The minimum atomic E-state index is -1.17. The van der Waals surface area contributed by atoms with E-state index in [1.54, 1.807) is 12.1 Å². The zero-order chi connectivity index (χ0) is 44.4. The summed E-state index contributed by atoms with van der Waals surface area (Å²) in [6, 6.07) is -0.556. The van der Waals surface area contributed by atoms with Crippen LogP contribution in [0.25, 0.3) is 0 Å². The first-order valence-electron chi connectivity index (χ1n) is 21.3. The Balaban J connectivity index is 1.26. The van der Waals surface area contributed by atoms with Crippen LogP contribution in [0, 0.1) is 5.92 Å². The van der Waals surface area contributed by atoms with Gasteiger partial charge >= 0.3 is 0 Å². The summed E-state index contributed by atoms with van der Waals surface area (Å²) >= 11 is 0. The van der Waals surface area contributed by atoms with Gasteiger partial charge < -0.3 is 58.3 Å². The second-order valence-electron chi connectivity index (χ2n) is 16.8. The summed E-state index contributed by atoms with van der Waals surface area (Å²) in [4.78, 5) is 116. The number of amides is 8. The van der Waals surface area contributed by atoms with Crippen LogP contribution in [0.15, 0.2) is 29.3 Å². The van der Waals surface area contributed by atoms with E-state index in [0.717, 1.165) is 0 Å². The predicted octanol–water partition coefficient (Wildman–Crippen LogP) is -1.77. The van der Waals surface area contributed by atoms with Crippen molar-refractivity contribution in [2.45, 2.75) is 133 Å². The van der Waals surface area contributed by atoms with E-state index < -0.39 is 71.8 Å². The van der Waals surface area contributed by atoms with Crippen molar-refractivity contribution in [1.29, 1.82) is 0 Å². The molecule has 4 saturated heterocycles. The second kappa shape index (κ2) is 21.0. The zero-order valence-electron chi connectivity index (χ0n) is 35.0. The van der Waals surface area contributed by atoms with Crippen LogP contribution in [0.3, 0.4) is 0 Å². The highest BCUT2D eigenvalue weighted by Gasteiger charge is 2.45. The number of phenolic OH excluding ortho intramolecular Hbond substituents is 1. The van der Waals surface area contributed by atoms with Crippen LogP contribution in [0.4, 0.5) is 0 Å². The van der Waals surface area contributed by atoms with E-state index >= 15 is 0 Å². The lowest BCUT2D eigenvalue weighted by atomic mass is 10.0. The SMILES string of the molecule is CC(C)C[C@H](NC(=O)[C@@H]1CCCN1C(=O)[C@@H]1CCCN1C(=O)[C@@H]1CCC(=O)N1)C(=O)N1CCC[C@H]1C(=O)N[C@@H](CCCN=C(N)N)C(=O)N[C@@H](Cc1ccc(O)cc1)C(N)=O. The highest BCUT2D eigenvalue weighted by molar-refractivity contribution is 5.98. The molecule has 0 radical (unpaired) electrons. The Hall–Kier alpha value is -5.95. The van der Waals surface area contributed by atoms with E-state index in [1.165, 1.54) is 26.8 Å². The lowest BCUT2D eigenvalue weighted by Crippen LogP contribution is -2.59. The third kappa shape index (κ3) is 12.1. The minimum absolute atomic E-state index is 0.0245. The number of hydrogen-bond acceptors (Lipinski definition) is 10. The first-order chi connectivity index (χ1) is 29.0. The Bertz CT molecular complexity index is 1840. The van der Waals surface area contributed by atoms with Gasteiger partial charge in [-0.15, -0.1) is 0 Å². The molecule has 4 aliphatic rings. The summed E-state index contributed by atoms with van der Waals surface area (Å²) in [6.45, 7) is 4.86. The molecule has 4 heterocycles. The van der Waals surface area contributed by atoms with Gasteiger partial charge in [0.05, 0.1) is 0 Å². The monoisotopic (exact) mass is 851 g/mol. The van der Waals surface area contributed by atoms with E-state index in [0.29, 0.717) is 63.6 Å². The molecule has 1 aromatic carbocycles. The lowest BCUT2D eigenvalue weighted by Gasteiger charge is -2.34. The molecule has 4 fully saturated rings. The Kier molecular flexibility index (Phi) is 15.9. The van der Waals surface area contributed by atoms with Crippen LogP contribution in [0.1, 0.15) is 90.0 Å². The summed E-state index contributed by atoms with van der Waals surface area (Å²) in [5.74, 6) is -4.08. The van der Waals surface area contributed by atoms with Crippen molar-refractivity contribution in [3.8, 4) is 5.75 Å². The zero-order valence-corrected chi connectivity index (χ0v) is 35.0. The molecular formula is C41H61N11O9. The molecule has 0 aliphatic carbocycles. The van der Waals surface area contributed by atoms with Crippen molar-refractivity contribution < 1.29 is 43.5 Å². The van der Waals surface area contributed by atoms with Crippen LogP contribution in [-0.2, 0) is 44.8 Å². The van der Waals surface area contributed by atoms with Crippen LogP contribution in [0.5, 0.6) is 5.75 Å². The summed E-state index contributed by atoms with van der Waals surface area (Å²) in [6.07, 6.45) is 3.99. The lowest BCUT2D eigenvalue weighted by molar-refractivity contribution is -0.148. The average molecular weight is 852 g/mol. The van der Waals surface area contributed by atoms with Gasteiger partial charge in [-0.1, -0.05) is 26.0 Å². The van der Waals surface area contributed by atoms with Crippen molar-refractivity contribution in [3.63, 3.8) is 0 Å². The van der Waals surface area contributed by atoms with E-state index in [9.17, 15) is 43.5 Å². The van der Waals surface area contributed by atoms with Gasteiger partial charge in [0.1, 0.15) is 48.0 Å². The maximum absolute atomic E-state index is 14.3. The quantitative estimate of drug-likeness (QED) is 0.0464. The number of carbonyl (C=O) groups excluding carboxylic acids is 8. The predicted molar refractivity (Wildman–Crippen MR) is 222 cm³/mol. The smallest absolute Gasteiger partial charge is 0.246 e. The molecule has 11 N–H and O–H groups in total. The van der Waals surface area contributed by atoms with Crippen LogP contribution >= 0.6 is 0 Å². The van der Waals surface area contributed by atoms with Gasteiger partial charge in [0.15, 0.2) is 5.96 Å². The van der Waals surface area contributed by atoms with E-state index in [2.05, 4.69) is 26.3 Å². The van der Waals surface area contributed by atoms with Crippen molar-refractivity contribution in [3.05, 3.63) is 29.8 Å². The van der Waals surface area contributed by atoms with Gasteiger partial charge in [0.2, 0.25) is 47.3 Å². The van der Waals surface area contributed by atoms with Gasteiger partial charge in [-0.25, -0.2) is 0 Å². The number of nitrogens with one attached hydrogen (secondary N) is 4. The summed E-state index contributed by atoms with van der Waals surface area (Å²) in [7, 11) is 0. The number of nitrogens with zero attached hydrogens (tertiary/aromatic N) is 4. The molecule has 61 heavy (non-hydrogen) atoms. The number of rotatable bonds is 18. The first-order valence-corrected chi connectivity index (χ1v) is 21.3. The molecule has 20 heteroatoms. The van der Waals surface area contributed by atoms with Crippen LogP contribution in [-0.4, -0.2) is 141 Å². The first kappa shape index (κ1) is 46.1. The van der Waals surface area contributed by atoms with Crippen molar-refractivity contribution in [2.75, 3.05) is 26.2 Å². The number of likely N-dealkylation sites (tertiary alicyclic amines) is 3. The second-order valence-corrected chi connectivity index (χ2v) is 16.8. The molecule has 20 nitrogen and oxygen atoms in total. The highest BCUT2D eigenvalue weighted by Crippen LogP contribution is 2.28. The topological polar surface area (TPSA) is 305 Å². The van der Waals surface area contributed by atoms with Gasteiger partial charge in [0.25, 0.3) is 0 Å². The number of benzene rings is 1.